The molecule has 1 unspecified atom stereocenters. The Balaban J connectivity index is 2.19. The predicted octanol–water partition coefficient (Wildman–Crippen LogP) is 1.99. The standard InChI is InChI=1S/C15H22N4/c1-16-15(8-12-10-17-19(4)11-12)13-6-5-7-14(9-13)18(2)3/h5-7,9-11,15-16H,8H2,1-4H3. The minimum Gasteiger partial charge on any atom is -0.378 e. The van der Waals surface area contributed by atoms with Crippen molar-refractivity contribution in [1.82, 2.24) is 15.1 Å². The summed E-state index contributed by atoms with van der Waals surface area (Å²) in [5.74, 6) is 0. The summed E-state index contributed by atoms with van der Waals surface area (Å²) < 4.78 is 1.85. The minimum absolute atomic E-state index is 0.309. The van der Waals surface area contributed by atoms with Crippen LogP contribution in [-0.2, 0) is 13.5 Å². The van der Waals surface area contributed by atoms with Gasteiger partial charge in [-0.15, -0.1) is 0 Å². The predicted molar refractivity (Wildman–Crippen MR) is 79.5 cm³/mol. The van der Waals surface area contributed by atoms with E-state index in [0.717, 1.165) is 6.42 Å². The van der Waals surface area contributed by atoms with E-state index in [1.54, 1.807) is 0 Å². The van der Waals surface area contributed by atoms with Gasteiger partial charge in [-0.1, -0.05) is 12.1 Å². The fourth-order valence-electron chi connectivity index (χ4n) is 2.22. The lowest BCUT2D eigenvalue weighted by Crippen LogP contribution is -2.19. The van der Waals surface area contributed by atoms with Crippen LogP contribution in [0.25, 0.3) is 0 Å². The smallest absolute Gasteiger partial charge is 0.0522 e. The highest BCUT2D eigenvalue weighted by Crippen LogP contribution is 2.22. The van der Waals surface area contributed by atoms with Crippen LogP contribution in [0, 0.1) is 0 Å². The average Bonchev–Trinajstić information content (AvgIpc) is 2.81. The molecule has 1 aromatic carbocycles. The SMILES string of the molecule is CNC(Cc1cnn(C)c1)c1cccc(N(C)C)c1. The summed E-state index contributed by atoms with van der Waals surface area (Å²) in [5.41, 5.74) is 3.78. The van der Waals surface area contributed by atoms with Gasteiger partial charge < -0.3 is 10.2 Å². The van der Waals surface area contributed by atoms with Crippen molar-refractivity contribution in [3.05, 3.63) is 47.8 Å². The number of rotatable bonds is 5. The Morgan fingerprint density at radius 2 is 2.16 bits per heavy atom. The molecule has 0 fully saturated rings. The molecule has 0 saturated heterocycles. The second-order valence-electron chi connectivity index (χ2n) is 5.06. The minimum atomic E-state index is 0.309. The summed E-state index contributed by atoms with van der Waals surface area (Å²) in [7, 11) is 8.08. The molecular weight excluding hydrogens is 236 g/mol. The van der Waals surface area contributed by atoms with Crippen molar-refractivity contribution >= 4 is 5.69 Å². The van der Waals surface area contributed by atoms with Crippen LogP contribution in [0.2, 0.25) is 0 Å². The highest BCUT2D eigenvalue weighted by Gasteiger charge is 2.12. The number of anilines is 1. The van der Waals surface area contributed by atoms with Crippen LogP contribution in [0.5, 0.6) is 0 Å². The largest absolute Gasteiger partial charge is 0.378 e. The molecule has 1 N–H and O–H groups in total. The molecule has 1 aromatic heterocycles. The maximum absolute atomic E-state index is 4.22. The van der Waals surface area contributed by atoms with Crippen molar-refractivity contribution in [3.8, 4) is 0 Å². The first-order chi connectivity index (χ1) is 9.10. The second kappa shape index (κ2) is 5.89. The van der Waals surface area contributed by atoms with Crippen molar-refractivity contribution in [1.29, 1.82) is 0 Å². The molecule has 0 spiro atoms. The maximum atomic E-state index is 4.22. The van der Waals surface area contributed by atoms with Gasteiger partial charge in [-0.3, -0.25) is 4.68 Å². The number of aromatic nitrogens is 2. The van der Waals surface area contributed by atoms with E-state index in [1.165, 1.54) is 16.8 Å². The number of likely N-dealkylation sites (N-methyl/N-ethyl adjacent to an activating group) is 1. The van der Waals surface area contributed by atoms with Gasteiger partial charge in [0.05, 0.1) is 6.20 Å². The quantitative estimate of drug-likeness (QED) is 0.890. The number of nitrogens with one attached hydrogen (secondary N) is 1. The van der Waals surface area contributed by atoms with Crippen molar-refractivity contribution in [2.24, 2.45) is 7.05 Å². The van der Waals surface area contributed by atoms with Gasteiger partial charge in [0, 0.05) is 39.1 Å². The number of hydrogen-bond donors (Lipinski definition) is 1. The monoisotopic (exact) mass is 258 g/mol. The molecule has 0 bridgehead atoms. The molecule has 1 heterocycles. The van der Waals surface area contributed by atoms with Crippen molar-refractivity contribution in [2.75, 3.05) is 26.0 Å². The molecule has 2 aromatic rings. The molecule has 0 saturated carbocycles. The fraction of sp³-hybridized carbons (Fsp3) is 0.400. The van der Waals surface area contributed by atoms with E-state index in [9.17, 15) is 0 Å². The highest BCUT2D eigenvalue weighted by atomic mass is 15.2. The summed E-state index contributed by atoms with van der Waals surface area (Å²) >= 11 is 0. The van der Waals surface area contributed by atoms with Gasteiger partial charge in [0.1, 0.15) is 0 Å². The van der Waals surface area contributed by atoms with E-state index < -0.39 is 0 Å². The van der Waals surface area contributed by atoms with Crippen molar-refractivity contribution < 1.29 is 0 Å². The van der Waals surface area contributed by atoms with Crippen molar-refractivity contribution in [3.63, 3.8) is 0 Å². The third-order valence-electron chi connectivity index (χ3n) is 3.34. The molecule has 4 nitrogen and oxygen atoms in total. The van der Waals surface area contributed by atoms with Gasteiger partial charge in [-0.25, -0.2) is 0 Å². The van der Waals surface area contributed by atoms with E-state index in [1.807, 2.05) is 25.0 Å². The average molecular weight is 258 g/mol. The Morgan fingerprint density at radius 1 is 1.37 bits per heavy atom. The van der Waals surface area contributed by atoms with E-state index in [4.69, 9.17) is 0 Å². The molecule has 2 rings (SSSR count). The van der Waals surface area contributed by atoms with Gasteiger partial charge >= 0.3 is 0 Å². The summed E-state index contributed by atoms with van der Waals surface area (Å²) in [4.78, 5) is 2.13. The normalized spacial score (nSPS) is 12.4. The Morgan fingerprint density at radius 3 is 2.74 bits per heavy atom. The molecular formula is C15H22N4. The van der Waals surface area contributed by atoms with E-state index in [2.05, 4.69) is 59.9 Å². The molecule has 0 aliphatic heterocycles. The number of benzene rings is 1. The van der Waals surface area contributed by atoms with E-state index in [0.29, 0.717) is 6.04 Å². The number of hydrogen-bond acceptors (Lipinski definition) is 3. The van der Waals surface area contributed by atoms with Gasteiger partial charge in [-0.2, -0.15) is 5.10 Å². The van der Waals surface area contributed by atoms with Crippen LogP contribution < -0.4 is 10.2 Å². The Labute approximate surface area is 115 Å². The maximum Gasteiger partial charge on any atom is 0.0522 e. The first kappa shape index (κ1) is 13.6. The lowest BCUT2D eigenvalue weighted by Gasteiger charge is -2.19. The molecule has 1 atom stereocenters. The fourth-order valence-corrected chi connectivity index (χ4v) is 2.22. The lowest BCUT2D eigenvalue weighted by atomic mass is 10.0. The van der Waals surface area contributed by atoms with Gasteiger partial charge in [0.25, 0.3) is 0 Å². The third kappa shape index (κ3) is 3.35. The topological polar surface area (TPSA) is 33.1 Å². The Hall–Kier alpha value is -1.81. The van der Waals surface area contributed by atoms with E-state index >= 15 is 0 Å². The van der Waals surface area contributed by atoms with Crippen LogP contribution in [0.4, 0.5) is 5.69 Å². The Bertz CT molecular complexity index is 530. The molecule has 0 amide bonds. The van der Waals surface area contributed by atoms with Gasteiger partial charge in [0.2, 0.25) is 0 Å². The van der Waals surface area contributed by atoms with Crippen LogP contribution >= 0.6 is 0 Å². The molecule has 0 aliphatic carbocycles. The van der Waals surface area contributed by atoms with Gasteiger partial charge in [-0.05, 0) is 36.7 Å². The zero-order chi connectivity index (χ0) is 13.8. The lowest BCUT2D eigenvalue weighted by molar-refractivity contribution is 0.591. The third-order valence-corrected chi connectivity index (χ3v) is 3.34. The van der Waals surface area contributed by atoms with Crippen LogP contribution in [0.1, 0.15) is 17.2 Å². The molecule has 102 valence electrons. The summed E-state index contributed by atoms with van der Waals surface area (Å²) in [6, 6.07) is 8.95. The summed E-state index contributed by atoms with van der Waals surface area (Å²) in [5, 5.41) is 7.61. The zero-order valence-corrected chi connectivity index (χ0v) is 12.1. The number of nitrogens with zero attached hydrogens (tertiary/aromatic N) is 3. The van der Waals surface area contributed by atoms with Crippen molar-refractivity contribution in [2.45, 2.75) is 12.5 Å². The summed E-state index contributed by atoms with van der Waals surface area (Å²) in [6.45, 7) is 0. The second-order valence-corrected chi connectivity index (χ2v) is 5.06. The first-order valence-electron chi connectivity index (χ1n) is 6.52. The van der Waals surface area contributed by atoms with Crippen LogP contribution in [0.3, 0.4) is 0 Å². The van der Waals surface area contributed by atoms with E-state index in [-0.39, 0.29) is 0 Å². The highest BCUT2D eigenvalue weighted by molar-refractivity contribution is 5.48. The van der Waals surface area contributed by atoms with Crippen LogP contribution in [0.15, 0.2) is 36.7 Å². The van der Waals surface area contributed by atoms with Gasteiger partial charge in [0.15, 0.2) is 0 Å². The Kier molecular flexibility index (Phi) is 4.22. The summed E-state index contributed by atoms with van der Waals surface area (Å²) in [6.07, 6.45) is 4.95. The zero-order valence-electron chi connectivity index (χ0n) is 12.1. The molecule has 19 heavy (non-hydrogen) atoms. The molecule has 0 radical (unpaired) electrons. The molecule has 4 heteroatoms. The number of aryl methyl sites for hydroxylation is 1. The first-order valence-corrected chi connectivity index (χ1v) is 6.52. The molecule has 0 aliphatic rings. The van der Waals surface area contributed by atoms with Crippen LogP contribution in [-0.4, -0.2) is 30.9 Å².